The molecule has 2 saturated heterocycles. The molecule has 0 spiro atoms. The van der Waals surface area contributed by atoms with Gasteiger partial charge in [-0.2, -0.15) is 0 Å². The Bertz CT molecular complexity index is 1490. The van der Waals surface area contributed by atoms with Gasteiger partial charge in [0.1, 0.15) is 5.60 Å². The van der Waals surface area contributed by atoms with E-state index in [-0.39, 0.29) is 25.9 Å². The summed E-state index contributed by atoms with van der Waals surface area (Å²) in [6.07, 6.45) is 5.97. The van der Waals surface area contributed by atoms with Gasteiger partial charge in [-0.3, -0.25) is 9.52 Å². The van der Waals surface area contributed by atoms with Crippen LogP contribution in [0.4, 0.5) is 11.4 Å². The number of sulfonamides is 2. The van der Waals surface area contributed by atoms with Crippen LogP contribution >= 0.6 is 23.2 Å². The Labute approximate surface area is 265 Å². The molecule has 0 radical (unpaired) electrons. The molecular formula is C29H40Cl2N4O6S2. The van der Waals surface area contributed by atoms with Gasteiger partial charge >= 0.3 is 0 Å². The Kier molecular flexibility index (Phi) is 11.1. The molecule has 0 aliphatic carbocycles. The minimum atomic E-state index is -3.40. The molecule has 2 aliphatic heterocycles. The number of likely N-dealkylation sites (tertiary alicyclic amines) is 1. The normalized spacial score (nSPS) is 18.8. The number of nitrogens with one attached hydrogen (secondary N) is 1. The van der Waals surface area contributed by atoms with Gasteiger partial charge in [-0.15, -0.1) is 0 Å². The van der Waals surface area contributed by atoms with Crippen LogP contribution in [-0.2, 0) is 31.3 Å². The van der Waals surface area contributed by atoms with Crippen LogP contribution in [0.5, 0.6) is 0 Å². The number of anilines is 2. The van der Waals surface area contributed by atoms with E-state index >= 15 is 0 Å². The average Bonchev–Trinajstić information content (AvgIpc) is 2.93. The number of benzene rings is 2. The highest BCUT2D eigenvalue weighted by Crippen LogP contribution is 2.32. The second-order valence-electron chi connectivity index (χ2n) is 11.7. The SMILES string of the molecule is CS(=O)(=O)Nc1ccc(CC2CCN(CCCN(C(=O)C3(O)CCN(S(C)(=O)=O)CC3)c3ccc(Cl)c(Cl)c3)CC2)cc1. The Morgan fingerprint density at radius 2 is 1.60 bits per heavy atom. The summed E-state index contributed by atoms with van der Waals surface area (Å²) in [6.45, 7) is 3.17. The van der Waals surface area contributed by atoms with E-state index in [9.17, 15) is 26.7 Å². The van der Waals surface area contributed by atoms with Gasteiger partial charge in [0, 0.05) is 31.0 Å². The van der Waals surface area contributed by atoms with Crippen LogP contribution in [-0.4, -0.2) is 94.4 Å². The van der Waals surface area contributed by atoms with E-state index < -0.39 is 31.6 Å². The van der Waals surface area contributed by atoms with Crippen LogP contribution in [0, 0.1) is 5.92 Å². The number of aliphatic hydroxyl groups is 1. The Balaban J connectivity index is 1.32. The van der Waals surface area contributed by atoms with E-state index in [0.29, 0.717) is 40.3 Å². The fraction of sp³-hybridized carbons (Fsp3) is 0.552. The third kappa shape index (κ3) is 9.53. The quantitative estimate of drug-likeness (QED) is 0.371. The van der Waals surface area contributed by atoms with Gasteiger partial charge in [0.05, 0.1) is 22.6 Å². The predicted octanol–water partition coefficient (Wildman–Crippen LogP) is 3.83. The van der Waals surface area contributed by atoms with Crippen molar-refractivity contribution in [3.05, 3.63) is 58.1 Å². The van der Waals surface area contributed by atoms with Crippen molar-refractivity contribution in [1.82, 2.24) is 9.21 Å². The van der Waals surface area contributed by atoms with Crippen molar-refractivity contribution >= 4 is 60.5 Å². The van der Waals surface area contributed by atoms with Crippen LogP contribution in [0.2, 0.25) is 10.0 Å². The first-order valence-electron chi connectivity index (χ1n) is 14.4. The molecule has 14 heteroatoms. The molecule has 2 aromatic carbocycles. The number of amides is 1. The van der Waals surface area contributed by atoms with Gasteiger partial charge in [0.15, 0.2) is 0 Å². The van der Waals surface area contributed by atoms with E-state index in [2.05, 4.69) is 9.62 Å². The van der Waals surface area contributed by atoms with Gasteiger partial charge in [-0.25, -0.2) is 21.1 Å². The highest BCUT2D eigenvalue weighted by Gasteiger charge is 2.44. The van der Waals surface area contributed by atoms with Crippen molar-refractivity contribution < 1.29 is 26.7 Å². The molecule has 0 atom stereocenters. The molecule has 2 aromatic rings. The smallest absolute Gasteiger partial charge is 0.259 e. The summed E-state index contributed by atoms with van der Waals surface area (Å²) in [5, 5.41) is 12.0. The maximum absolute atomic E-state index is 13.7. The van der Waals surface area contributed by atoms with E-state index in [1.165, 1.54) is 9.87 Å². The molecule has 0 unspecified atom stereocenters. The fourth-order valence-electron chi connectivity index (χ4n) is 5.78. The Morgan fingerprint density at radius 1 is 0.977 bits per heavy atom. The average molecular weight is 676 g/mol. The summed E-state index contributed by atoms with van der Waals surface area (Å²) >= 11 is 12.4. The van der Waals surface area contributed by atoms with Gasteiger partial charge in [-0.05, 0) is 100.0 Å². The Hall–Kier alpha value is -1.93. The molecule has 0 bridgehead atoms. The van der Waals surface area contributed by atoms with E-state index in [0.717, 1.165) is 51.4 Å². The lowest BCUT2D eigenvalue weighted by Gasteiger charge is -2.39. The summed E-state index contributed by atoms with van der Waals surface area (Å²) in [5.41, 5.74) is 0.592. The van der Waals surface area contributed by atoms with Gasteiger partial charge < -0.3 is 14.9 Å². The third-order valence-electron chi connectivity index (χ3n) is 8.22. The van der Waals surface area contributed by atoms with Crippen molar-refractivity contribution in [2.75, 3.05) is 61.4 Å². The molecule has 2 N–H and O–H groups in total. The fourth-order valence-corrected chi connectivity index (χ4v) is 7.48. The van der Waals surface area contributed by atoms with Crippen LogP contribution in [0.1, 0.15) is 37.7 Å². The van der Waals surface area contributed by atoms with Gasteiger partial charge in [0.25, 0.3) is 5.91 Å². The minimum absolute atomic E-state index is 0.0151. The maximum atomic E-state index is 13.7. The summed E-state index contributed by atoms with van der Waals surface area (Å²) in [6, 6.07) is 12.5. The van der Waals surface area contributed by atoms with Crippen LogP contribution < -0.4 is 9.62 Å². The van der Waals surface area contributed by atoms with Gasteiger partial charge in [0.2, 0.25) is 20.0 Å². The first-order chi connectivity index (χ1) is 20.1. The highest BCUT2D eigenvalue weighted by molar-refractivity contribution is 7.92. The summed E-state index contributed by atoms with van der Waals surface area (Å²) in [5.74, 6) is 0.0711. The lowest BCUT2D eigenvalue weighted by atomic mass is 9.90. The first-order valence-corrected chi connectivity index (χ1v) is 18.9. The molecule has 238 valence electrons. The van der Waals surface area contributed by atoms with Crippen molar-refractivity contribution in [3.8, 4) is 0 Å². The van der Waals surface area contributed by atoms with Crippen LogP contribution in [0.3, 0.4) is 0 Å². The summed E-state index contributed by atoms with van der Waals surface area (Å²) in [4.78, 5) is 17.7. The zero-order valence-corrected chi connectivity index (χ0v) is 27.7. The lowest BCUT2D eigenvalue weighted by Crippen LogP contribution is -2.56. The third-order valence-corrected chi connectivity index (χ3v) is 10.9. The number of carbonyl (C=O) groups is 1. The first kappa shape index (κ1) is 34.0. The predicted molar refractivity (Wildman–Crippen MR) is 172 cm³/mol. The van der Waals surface area contributed by atoms with E-state index in [4.69, 9.17) is 23.2 Å². The molecular weight excluding hydrogens is 635 g/mol. The van der Waals surface area contributed by atoms with Gasteiger partial charge in [-0.1, -0.05) is 35.3 Å². The van der Waals surface area contributed by atoms with Crippen LogP contribution in [0.15, 0.2) is 42.5 Å². The number of piperidine rings is 2. The maximum Gasteiger partial charge on any atom is 0.259 e. The zero-order valence-electron chi connectivity index (χ0n) is 24.5. The number of rotatable bonds is 11. The standard InChI is InChI=1S/C29H40Cl2N4O6S2/c1-42(38,39)32-24-6-4-22(5-7-24)20-23-10-16-33(17-11-23)14-3-15-35(25-8-9-26(30)27(31)21-25)28(36)29(37)12-18-34(19-13-29)43(2,40)41/h4-9,21,23,32,37H,3,10-20H2,1-2H3. The monoisotopic (exact) mass is 674 g/mol. The molecule has 0 saturated carbocycles. The number of halogens is 2. The minimum Gasteiger partial charge on any atom is -0.380 e. The lowest BCUT2D eigenvalue weighted by molar-refractivity contribution is -0.140. The number of carbonyl (C=O) groups excluding carboxylic acids is 1. The van der Waals surface area contributed by atoms with Crippen molar-refractivity contribution in [3.63, 3.8) is 0 Å². The molecule has 0 aromatic heterocycles. The largest absolute Gasteiger partial charge is 0.380 e. The molecule has 10 nitrogen and oxygen atoms in total. The van der Waals surface area contributed by atoms with E-state index in [1.807, 2.05) is 12.1 Å². The summed E-state index contributed by atoms with van der Waals surface area (Å²) < 4.78 is 50.5. The van der Waals surface area contributed by atoms with Crippen LogP contribution in [0.25, 0.3) is 0 Å². The summed E-state index contributed by atoms with van der Waals surface area (Å²) in [7, 11) is -6.70. The molecule has 4 rings (SSSR count). The van der Waals surface area contributed by atoms with E-state index in [1.54, 1.807) is 35.2 Å². The molecule has 2 fully saturated rings. The highest BCUT2D eigenvalue weighted by atomic mass is 35.5. The zero-order chi connectivity index (χ0) is 31.4. The second-order valence-corrected chi connectivity index (χ2v) is 16.2. The second kappa shape index (κ2) is 14.0. The Morgan fingerprint density at radius 3 is 2.16 bits per heavy atom. The molecule has 2 aliphatic rings. The number of hydrogen-bond donors (Lipinski definition) is 2. The van der Waals surface area contributed by atoms with Crippen molar-refractivity contribution in [2.24, 2.45) is 5.92 Å². The number of nitrogens with zero attached hydrogens (tertiary/aromatic N) is 3. The molecule has 1 amide bonds. The topological polar surface area (TPSA) is 127 Å². The van der Waals surface area contributed by atoms with Crippen molar-refractivity contribution in [2.45, 2.75) is 44.1 Å². The molecule has 2 heterocycles. The molecule has 43 heavy (non-hydrogen) atoms. The van der Waals surface area contributed by atoms with Crippen molar-refractivity contribution in [1.29, 1.82) is 0 Å². The number of hydrogen-bond acceptors (Lipinski definition) is 7.